The van der Waals surface area contributed by atoms with Crippen molar-refractivity contribution < 1.29 is 23.7 Å². The zero-order valence-electron chi connectivity index (χ0n) is 21.3. The van der Waals surface area contributed by atoms with Gasteiger partial charge in [0, 0.05) is 0 Å². The summed E-state index contributed by atoms with van der Waals surface area (Å²) in [5.41, 5.74) is 3.81. The van der Waals surface area contributed by atoms with Crippen LogP contribution in [0.25, 0.3) is 6.08 Å². The number of allylic oxidation sites excluding steroid dienone is 1. The maximum Gasteiger partial charge on any atom is 0.280 e. The Morgan fingerprint density at radius 2 is 1.51 bits per heavy atom. The predicted molar refractivity (Wildman–Crippen MR) is 146 cm³/mol. The highest BCUT2D eigenvalue weighted by atomic mass is 16.5. The fourth-order valence-electron chi connectivity index (χ4n) is 3.92. The molecule has 1 amide bonds. The van der Waals surface area contributed by atoms with E-state index in [0.29, 0.717) is 47.5 Å². The molecule has 0 spiro atoms. The van der Waals surface area contributed by atoms with Crippen molar-refractivity contribution in [3.8, 4) is 23.0 Å². The molecule has 0 aromatic heterocycles. The van der Waals surface area contributed by atoms with Crippen molar-refractivity contribution in [1.29, 1.82) is 0 Å². The third kappa shape index (κ3) is 6.01. The van der Waals surface area contributed by atoms with Gasteiger partial charge in [-0.15, -0.1) is 6.58 Å². The molecule has 1 aliphatic rings. The second-order valence-corrected chi connectivity index (χ2v) is 8.28. The molecule has 0 bridgehead atoms. The number of benzene rings is 3. The highest BCUT2D eigenvalue weighted by Crippen LogP contribution is 2.31. The Morgan fingerprint density at radius 1 is 0.865 bits per heavy atom. The van der Waals surface area contributed by atoms with E-state index in [4.69, 9.17) is 18.9 Å². The summed E-state index contributed by atoms with van der Waals surface area (Å²) in [6.45, 7) is 6.22. The number of nitrogens with zero attached hydrogens (tertiary/aromatic N) is 2. The summed E-state index contributed by atoms with van der Waals surface area (Å²) in [5.74, 6) is 2.28. The first-order valence-electron chi connectivity index (χ1n) is 11.9. The molecule has 0 atom stereocenters. The highest BCUT2D eigenvalue weighted by Gasteiger charge is 2.28. The molecule has 190 valence electrons. The second kappa shape index (κ2) is 11.9. The highest BCUT2D eigenvalue weighted by molar-refractivity contribution is 6.32. The minimum absolute atomic E-state index is 0.173. The van der Waals surface area contributed by atoms with Gasteiger partial charge in [0.1, 0.15) is 13.2 Å². The van der Waals surface area contributed by atoms with Crippen molar-refractivity contribution in [2.24, 2.45) is 5.10 Å². The van der Waals surface area contributed by atoms with Gasteiger partial charge in [-0.1, -0.05) is 36.4 Å². The molecule has 0 radical (unpaired) electrons. The van der Waals surface area contributed by atoms with Gasteiger partial charge in [0.2, 0.25) is 0 Å². The molecule has 0 aliphatic carbocycles. The first-order chi connectivity index (χ1) is 18.0. The Morgan fingerprint density at radius 3 is 2.16 bits per heavy atom. The summed E-state index contributed by atoms with van der Waals surface area (Å²) in [6.07, 6.45) is 4.41. The van der Waals surface area contributed by atoms with Crippen molar-refractivity contribution in [1.82, 2.24) is 0 Å². The molecular weight excluding hydrogens is 468 g/mol. The van der Waals surface area contributed by atoms with Crippen LogP contribution in [0.4, 0.5) is 5.69 Å². The fraction of sp³-hybridized carbons (Fsp3) is 0.200. The largest absolute Gasteiger partial charge is 0.493 e. The lowest BCUT2D eigenvalue weighted by Gasteiger charge is -2.14. The number of para-hydroxylation sites is 1. The standard InChI is InChI=1S/C30H30N2O5/c1-5-9-22-12-14-26(28(19-22)34-3)36-16-17-37-27-15-13-23(20-29(27)35-4)18-25-21(2)31-32(30(25)33)24-10-7-6-8-11-24/h5-8,10-15,18-20H,1,9,16-17H2,2-4H3/b25-18+. The molecule has 0 fully saturated rings. The smallest absolute Gasteiger partial charge is 0.280 e. The van der Waals surface area contributed by atoms with Crippen LogP contribution in [-0.4, -0.2) is 39.1 Å². The van der Waals surface area contributed by atoms with E-state index in [9.17, 15) is 4.79 Å². The zero-order chi connectivity index (χ0) is 26.2. The number of carbonyl (C=O) groups is 1. The number of hydrazone groups is 1. The molecule has 4 rings (SSSR count). The zero-order valence-corrected chi connectivity index (χ0v) is 21.3. The second-order valence-electron chi connectivity index (χ2n) is 8.28. The van der Waals surface area contributed by atoms with E-state index in [-0.39, 0.29) is 5.91 Å². The number of methoxy groups -OCH3 is 2. The lowest BCUT2D eigenvalue weighted by molar-refractivity contribution is -0.114. The number of rotatable bonds is 11. The van der Waals surface area contributed by atoms with Gasteiger partial charge >= 0.3 is 0 Å². The molecular formula is C30H30N2O5. The number of amides is 1. The van der Waals surface area contributed by atoms with Crippen molar-refractivity contribution in [3.05, 3.63) is 96.1 Å². The maximum absolute atomic E-state index is 13.0. The van der Waals surface area contributed by atoms with Crippen LogP contribution in [0, 0.1) is 0 Å². The van der Waals surface area contributed by atoms with Gasteiger partial charge in [-0.2, -0.15) is 10.1 Å². The Balaban J connectivity index is 1.40. The van der Waals surface area contributed by atoms with E-state index in [0.717, 1.165) is 23.2 Å². The van der Waals surface area contributed by atoms with E-state index in [1.54, 1.807) is 14.2 Å². The first-order valence-corrected chi connectivity index (χ1v) is 11.9. The molecule has 0 saturated heterocycles. The maximum atomic E-state index is 13.0. The third-order valence-electron chi connectivity index (χ3n) is 5.77. The summed E-state index contributed by atoms with van der Waals surface area (Å²) in [4.78, 5) is 13.0. The fourth-order valence-corrected chi connectivity index (χ4v) is 3.92. The Bertz CT molecular complexity index is 1330. The van der Waals surface area contributed by atoms with Crippen LogP contribution in [0.15, 0.2) is 90.1 Å². The molecule has 0 N–H and O–H groups in total. The van der Waals surface area contributed by atoms with Crippen LogP contribution in [-0.2, 0) is 11.2 Å². The topological polar surface area (TPSA) is 69.6 Å². The first kappa shape index (κ1) is 25.6. The van der Waals surface area contributed by atoms with E-state index < -0.39 is 0 Å². The average Bonchev–Trinajstić information content (AvgIpc) is 3.21. The number of hydrogen-bond acceptors (Lipinski definition) is 6. The van der Waals surface area contributed by atoms with Gasteiger partial charge in [-0.3, -0.25) is 4.79 Å². The van der Waals surface area contributed by atoms with E-state index >= 15 is 0 Å². The average molecular weight is 499 g/mol. The van der Waals surface area contributed by atoms with Crippen molar-refractivity contribution in [2.75, 3.05) is 32.4 Å². The van der Waals surface area contributed by atoms with Gasteiger partial charge in [-0.25, -0.2) is 0 Å². The molecule has 1 heterocycles. The van der Waals surface area contributed by atoms with E-state index in [1.807, 2.05) is 85.8 Å². The SMILES string of the molecule is C=CCc1ccc(OCCOc2ccc(/C=C3/C(=O)N(c4ccccc4)N=C3C)cc2OC)c(OC)c1. The Hall–Kier alpha value is -4.52. The molecule has 0 unspecified atom stereocenters. The van der Waals surface area contributed by atoms with Crippen molar-refractivity contribution >= 4 is 23.4 Å². The molecule has 7 nitrogen and oxygen atoms in total. The molecule has 37 heavy (non-hydrogen) atoms. The molecule has 0 saturated carbocycles. The van der Waals surface area contributed by atoms with Gasteiger partial charge in [0.15, 0.2) is 23.0 Å². The molecule has 3 aromatic rings. The van der Waals surface area contributed by atoms with Crippen molar-refractivity contribution in [2.45, 2.75) is 13.3 Å². The van der Waals surface area contributed by atoms with Gasteiger partial charge in [-0.05, 0) is 66.9 Å². The van der Waals surface area contributed by atoms with Gasteiger partial charge in [0.25, 0.3) is 5.91 Å². The number of ether oxygens (including phenoxy) is 4. The molecule has 7 heteroatoms. The van der Waals surface area contributed by atoms with Crippen LogP contribution in [0.5, 0.6) is 23.0 Å². The predicted octanol–water partition coefficient (Wildman–Crippen LogP) is 5.70. The summed E-state index contributed by atoms with van der Waals surface area (Å²) in [6, 6.07) is 20.7. The Labute approximate surface area is 217 Å². The quantitative estimate of drug-likeness (QED) is 0.193. The summed E-state index contributed by atoms with van der Waals surface area (Å²) in [5, 5.41) is 5.84. The lowest BCUT2D eigenvalue weighted by atomic mass is 10.1. The van der Waals surface area contributed by atoms with Crippen LogP contribution < -0.4 is 24.0 Å². The van der Waals surface area contributed by atoms with E-state index in [2.05, 4.69) is 11.7 Å². The number of hydrogen-bond donors (Lipinski definition) is 0. The summed E-state index contributed by atoms with van der Waals surface area (Å²) < 4.78 is 22.7. The van der Waals surface area contributed by atoms with Crippen LogP contribution in [0.3, 0.4) is 0 Å². The third-order valence-corrected chi connectivity index (χ3v) is 5.77. The van der Waals surface area contributed by atoms with Crippen LogP contribution in [0.1, 0.15) is 18.1 Å². The summed E-state index contributed by atoms with van der Waals surface area (Å²) >= 11 is 0. The van der Waals surface area contributed by atoms with Crippen LogP contribution >= 0.6 is 0 Å². The van der Waals surface area contributed by atoms with Gasteiger partial charge in [0.05, 0.1) is 31.2 Å². The number of carbonyl (C=O) groups excluding carboxylic acids is 1. The molecule has 3 aromatic carbocycles. The lowest BCUT2D eigenvalue weighted by Crippen LogP contribution is -2.21. The monoisotopic (exact) mass is 498 g/mol. The van der Waals surface area contributed by atoms with E-state index in [1.165, 1.54) is 5.01 Å². The van der Waals surface area contributed by atoms with Crippen molar-refractivity contribution in [3.63, 3.8) is 0 Å². The minimum Gasteiger partial charge on any atom is -0.493 e. The number of anilines is 1. The van der Waals surface area contributed by atoms with Gasteiger partial charge < -0.3 is 18.9 Å². The molecule has 1 aliphatic heterocycles. The normalized spacial score (nSPS) is 13.9. The van der Waals surface area contributed by atoms with Crippen LogP contribution in [0.2, 0.25) is 0 Å². The minimum atomic E-state index is -0.173. The summed E-state index contributed by atoms with van der Waals surface area (Å²) in [7, 11) is 3.19. The Kier molecular flexibility index (Phi) is 8.26.